The van der Waals surface area contributed by atoms with Crippen LogP contribution in [0.25, 0.3) is 0 Å². The largest absolute Gasteiger partial charge is 0.478 e. The standard InChI is InChI=1S/C15H11Cl2FN2O2/c1-8(11-4-3-10(18)7-13(11)17)19-20-14-6-9(15(21)22)2-5-12(14)16/h2-7,20H,1H3,(H,21,22)/b19-8-. The molecule has 0 bridgehead atoms. The Balaban J connectivity index is 2.27. The van der Waals surface area contributed by atoms with E-state index in [9.17, 15) is 9.18 Å². The van der Waals surface area contributed by atoms with Crippen LogP contribution >= 0.6 is 23.2 Å². The van der Waals surface area contributed by atoms with E-state index in [0.29, 0.717) is 22.0 Å². The van der Waals surface area contributed by atoms with Gasteiger partial charge < -0.3 is 5.11 Å². The van der Waals surface area contributed by atoms with Crippen LogP contribution in [0.15, 0.2) is 41.5 Å². The highest BCUT2D eigenvalue weighted by atomic mass is 35.5. The third-order valence-electron chi connectivity index (χ3n) is 2.88. The summed E-state index contributed by atoms with van der Waals surface area (Å²) in [5, 5.41) is 13.6. The minimum Gasteiger partial charge on any atom is -0.478 e. The highest BCUT2D eigenvalue weighted by Crippen LogP contribution is 2.24. The molecule has 0 aliphatic heterocycles. The summed E-state index contributed by atoms with van der Waals surface area (Å²) >= 11 is 11.9. The second kappa shape index (κ2) is 6.77. The number of carboxylic acids is 1. The average Bonchev–Trinajstić information content (AvgIpc) is 2.45. The summed E-state index contributed by atoms with van der Waals surface area (Å²) in [7, 11) is 0. The van der Waals surface area contributed by atoms with Gasteiger partial charge in [-0.1, -0.05) is 23.2 Å². The lowest BCUT2D eigenvalue weighted by Crippen LogP contribution is -2.03. The lowest BCUT2D eigenvalue weighted by molar-refractivity contribution is 0.0697. The van der Waals surface area contributed by atoms with E-state index in [0.717, 1.165) is 0 Å². The first-order chi connectivity index (χ1) is 10.4. The van der Waals surface area contributed by atoms with E-state index >= 15 is 0 Å². The molecule has 0 aromatic heterocycles. The number of nitrogens with zero attached hydrogens (tertiary/aromatic N) is 1. The van der Waals surface area contributed by atoms with Gasteiger partial charge in [0.05, 0.1) is 27.0 Å². The Morgan fingerprint density at radius 3 is 2.55 bits per heavy atom. The summed E-state index contributed by atoms with van der Waals surface area (Å²) in [5.74, 6) is -1.51. The average molecular weight is 341 g/mol. The van der Waals surface area contributed by atoms with Crippen molar-refractivity contribution >= 4 is 40.6 Å². The molecule has 2 aromatic rings. The fourth-order valence-electron chi connectivity index (χ4n) is 1.73. The quantitative estimate of drug-likeness (QED) is 0.628. The molecule has 0 spiro atoms. The number of hydrogen-bond acceptors (Lipinski definition) is 3. The van der Waals surface area contributed by atoms with Crippen molar-refractivity contribution in [3.05, 3.63) is 63.4 Å². The lowest BCUT2D eigenvalue weighted by Gasteiger charge is -2.08. The molecule has 2 aromatic carbocycles. The van der Waals surface area contributed by atoms with Crippen molar-refractivity contribution in [3.8, 4) is 0 Å². The van der Waals surface area contributed by atoms with Gasteiger partial charge in [0.15, 0.2) is 0 Å². The second-order valence-electron chi connectivity index (χ2n) is 4.43. The number of hydrogen-bond donors (Lipinski definition) is 2. The van der Waals surface area contributed by atoms with Gasteiger partial charge in [0.2, 0.25) is 0 Å². The van der Waals surface area contributed by atoms with Crippen LogP contribution in [0.3, 0.4) is 0 Å². The van der Waals surface area contributed by atoms with Gasteiger partial charge in [-0.2, -0.15) is 5.10 Å². The Kier molecular flexibility index (Phi) is 5.00. The fraction of sp³-hybridized carbons (Fsp3) is 0.0667. The van der Waals surface area contributed by atoms with Crippen molar-refractivity contribution < 1.29 is 14.3 Å². The van der Waals surface area contributed by atoms with E-state index in [2.05, 4.69) is 10.5 Å². The summed E-state index contributed by atoms with van der Waals surface area (Å²) < 4.78 is 13.0. The molecule has 0 atom stereocenters. The number of carboxylic acid groups (broad SMARTS) is 1. The number of benzene rings is 2. The molecule has 0 fully saturated rings. The van der Waals surface area contributed by atoms with Crippen molar-refractivity contribution in [1.82, 2.24) is 0 Å². The van der Waals surface area contributed by atoms with Gasteiger partial charge >= 0.3 is 5.97 Å². The molecule has 2 N–H and O–H groups in total. The van der Waals surface area contributed by atoms with Crippen molar-refractivity contribution in [2.75, 3.05) is 5.43 Å². The van der Waals surface area contributed by atoms with E-state index in [1.807, 2.05) is 0 Å². The highest BCUT2D eigenvalue weighted by molar-refractivity contribution is 6.34. The molecule has 22 heavy (non-hydrogen) atoms. The Morgan fingerprint density at radius 2 is 1.91 bits per heavy atom. The number of hydrazone groups is 1. The van der Waals surface area contributed by atoms with E-state index in [-0.39, 0.29) is 10.6 Å². The second-order valence-corrected chi connectivity index (χ2v) is 5.25. The van der Waals surface area contributed by atoms with Crippen molar-refractivity contribution in [2.24, 2.45) is 5.10 Å². The summed E-state index contributed by atoms with van der Waals surface area (Å²) in [6.07, 6.45) is 0. The predicted molar refractivity (Wildman–Crippen MR) is 85.7 cm³/mol. The van der Waals surface area contributed by atoms with Gasteiger partial charge in [-0.25, -0.2) is 9.18 Å². The molecule has 0 saturated heterocycles. The lowest BCUT2D eigenvalue weighted by atomic mass is 10.1. The highest BCUT2D eigenvalue weighted by Gasteiger charge is 2.08. The van der Waals surface area contributed by atoms with Gasteiger partial charge in [-0.05, 0) is 43.3 Å². The minimum absolute atomic E-state index is 0.0829. The maximum atomic E-state index is 13.0. The molecule has 0 aliphatic rings. The maximum Gasteiger partial charge on any atom is 0.335 e. The normalized spacial score (nSPS) is 11.4. The number of rotatable bonds is 4. The molecule has 0 amide bonds. The van der Waals surface area contributed by atoms with Gasteiger partial charge in [0.1, 0.15) is 5.82 Å². The molecule has 2 rings (SSSR count). The molecular weight excluding hydrogens is 330 g/mol. The molecule has 0 aliphatic carbocycles. The first-order valence-corrected chi connectivity index (χ1v) is 6.92. The molecular formula is C15H11Cl2FN2O2. The Morgan fingerprint density at radius 1 is 1.18 bits per heavy atom. The number of carbonyl (C=O) groups is 1. The van der Waals surface area contributed by atoms with Gasteiger partial charge in [-0.3, -0.25) is 5.43 Å². The van der Waals surface area contributed by atoms with Crippen LogP contribution in [-0.2, 0) is 0 Å². The van der Waals surface area contributed by atoms with E-state index < -0.39 is 11.8 Å². The van der Waals surface area contributed by atoms with Crippen molar-refractivity contribution in [1.29, 1.82) is 0 Å². The van der Waals surface area contributed by atoms with Crippen molar-refractivity contribution in [3.63, 3.8) is 0 Å². The summed E-state index contributed by atoms with van der Waals surface area (Å²) in [6, 6.07) is 8.19. The molecule has 0 heterocycles. The number of nitrogens with one attached hydrogen (secondary N) is 1. The molecule has 0 radical (unpaired) electrons. The van der Waals surface area contributed by atoms with Crippen LogP contribution in [-0.4, -0.2) is 16.8 Å². The van der Waals surface area contributed by atoms with E-state index in [1.54, 1.807) is 6.92 Å². The summed E-state index contributed by atoms with van der Waals surface area (Å²) in [4.78, 5) is 10.9. The van der Waals surface area contributed by atoms with Crippen LogP contribution in [0.4, 0.5) is 10.1 Å². The number of halogens is 3. The fourth-order valence-corrected chi connectivity index (χ4v) is 2.19. The topological polar surface area (TPSA) is 61.7 Å². The van der Waals surface area contributed by atoms with E-state index in [1.165, 1.54) is 36.4 Å². The molecule has 4 nitrogen and oxygen atoms in total. The number of aromatic carboxylic acids is 1. The SMILES string of the molecule is C/C(=N/Nc1cc(C(=O)O)ccc1Cl)c1ccc(F)cc1Cl. The zero-order valence-electron chi connectivity index (χ0n) is 11.4. The van der Waals surface area contributed by atoms with Crippen LogP contribution in [0.1, 0.15) is 22.8 Å². The first-order valence-electron chi connectivity index (χ1n) is 6.17. The van der Waals surface area contributed by atoms with Crippen LogP contribution in [0.5, 0.6) is 0 Å². The molecule has 114 valence electrons. The van der Waals surface area contributed by atoms with Crippen LogP contribution in [0.2, 0.25) is 10.0 Å². The Labute approximate surface area is 136 Å². The summed E-state index contributed by atoms with van der Waals surface area (Å²) in [5.41, 5.74) is 4.18. The van der Waals surface area contributed by atoms with Crippen LogP contribution in [0, 0.1) is 5.82 Å². The Hall–Kier alpha value is -2.11. The minimum atomic E-state index is -1.07. The smallest absolute Gasteiger partial charge is 0.335 e. The van der Waals surface area contributed by atoms with Crippen LogP contribution < -0.4 is 5.43 Å². The molecule has 0 unspecified atom stereocenters. The van der Waals surface area contributed by atoms with Crippen molar-refractivity contribution in [2.45, 2.75) is 6.92 Å². The third kappa shape index (κ3) is 3.75. The monoisotopic (exact) mass is 340 g/mol. The molecule has 7 heteroatoms. The van der Waals surface area contributed by atoms with Gasteiger partial charge in [0.25, 0.3) is 0 Å². The maximum absolute atomic E-state index is 13.0. The predicted octanol–water partition coefficient (Wildman–Crippen LogP) is 4.67. The van der Waals surface area contributed by atoms with Gasteiger partial charge in [0, 0.05) is 5.56 Å². The zero-order valence-corrected chi connectivity index (χ0v) is 12.9. The van der Waals surface area contributed by atoms with Gasteiger partial charge in [-0.15, -0.1) is 0 Å². The first kappa shape index (κ1) is 16.3. The molecule has 0 saturated carbocycles. The zero-order chi connectivity index (χ0) is 16.3. The Bertz CT molecular complexity index is 763. The summed E-state index contributed by atoms with van der Waals surface area (Å²) in [6.45, 7) is 1.68. The third-order valence-corrected chi connectivity index (χ3v) is 3.52. The van der Waals surface area contributed by atoms with E-state index in [4.69, 9.17) is 28.3 Å². The number of anilines is 1.